The van der Waals surface area contributed by atoms with E-state index in [2.05, 4.69) is 15.9 Å². The highest BCUT2D eigenvalue weighted by Crippen LogP contribution is 2.24. The molecule has 0 saturated carbocycles. The van der Waals surface area contributed by atoms with Gasteiger partial charge in [-0.1, -0.05) is 28.1 Å². The molecule has 9 heteroatoms. The van der Waals surface area contributed by atoms with Crippen LogP contribution in [0.1, 0.15) is 10.4 Å². The second kappa shape index (κ2) is 7.42. The first-order chi connectivity index (χ1) is 12.3. The zero-order valence-corrected chi connectivity index (χ0v) is 15.9. The number of hydrogen-bond donors (Lipinski definition) is 0. The molecule has 0 bridgehead atoms. The van der Waals surface area contributed by atoms with Crippen LogP contribution >= 0.6 is 15.9 Å². The molecule has 1 saturated heterocycles. The van der Waals surface area contributed by atoms with Gasteiger partial charge in [0.1, 0.15) is 11.6 Å². The van der Waals surface area contributed by atoms with Crippen LogP contribution in [0.25, 0.3) is 0 Å². The average Bonchev–Trinajstić information content (AvgIpc) is 2.61. The molecule has 0 aromatic heterocycles. The molecular weight excluding hydrogens is 430 g/mol. The Morgan fingerprint density at radius 3 is 2.12 bits per heavy atom. The van der Waals surface area contributed by atoms with Gasteiger partial charge >= 0.3 is 0 Å². The van der Waals surface area contributed by atoms with E-state index in [-0.39, 0.29) is 32.1 Å². The molecule has 3 rings (SSSR count). The predicted octanol–water partition coefficient (Wildman–Crippen LogP) is 2.87. The lowest BCUT2D eigenvalue weighted by Gasteiger charge is -2.34. The van der Waals surface area contributed by atoms with Crippen LogP contribution in [0.3, 0.4) is 0 Å². The van der Waals surface area contributed by atoms with E-state index in [1.54, 1.807) is 24.3 Å². The second-order valence-corrected chi connectivity index (χ2v) is 8.55. The zero-order valence-electron chi connectivity index (χ0n) is 13.5. The highest BCUT2D eigenvalue weighted by Gasteiger charge is 2.34. The maximum Gasteiger partial charge on any atom is 0.253 e. The summed E-state index contributed by atoms with van der Waals surface area (Å²) >= 11 is 3.30. The summed E-state index contributed by atoms with van der Waals surface area (Å²) in [4.78, 5) is 13.1. The first kappa shape index (κ1) is 18.9. The average molecular weight is 445 g/mol. The lowest BCUT2D eigenvalue weighted by Crippen LogP contribution is -2.50. The highest BCUT2D eigenvalue weighted by molar-refractivity contribution is 9.10. The fourth-order valence-electron chi connectivity index (χ4n) is 2.79. The van der Waals surface area contributed by atoms with E-state index in [9.17, 15) is 22.0 Å². The van der Waals surface area contributed by atoms with Crippen LogP contribution in [-0.2, 0) is 10.0 Å². The summed E-state index contributed by atoms with van der Waals surface area (Å²) in [5.74, 6) is -2.48. The molecular formula is C17H15BrF2N2O3S. The summed E-state index contributed by atoms with van der Waals surface area (Å²) in [5.41, 5.74) is 0.482. The minimum atomic E-state index is -4.31. The topological polar surface area (TPSA) is 57.7 Å². The normalized spacial score (nSPS) is 15.9. The van der Waals surface area contributed by atoms with Crippen molar-refractivity contribution in [3.05, 3.63) is 64.1 Å². The van der Waals surface area contributed by atoms with E-state index in [1.165, 1.54) is 4.90 Å². The van der Waals surface area contributed by atoms with Gasteiger partial charge in [-0.05, 0) is 30.3 Å². The summed E-state index contributed by atoms with van der Waals surface area (Å²) in [6.07, 6.45) is 0. The summed E-state index contributed by atoms with van der Waals surface area (Å²) in [7, 11) is -4.31. The Labute approximate surface area is 158 Å². The SMILES string of the molecule is O=C(c1cccc(Br)c1)N1CCN(S(=O)(=O)c2c(F)cccc2F)CC1. The number of sulfonamides is 1. The molecule has 0 radical (unpaired) electrons. The van der Waals surface area contributed by atoms with E-state index in [4.69, 9.17) is 0 Å². The quantitative estimate of drug-likeness (QED) is 0.731. The molecule has 0 N–H and O–H groups in total. The minimum Gasteiger partial charge on any atom is -0.336 e. The fraction of sp³-hybridized carbons (Fsp3) is 0.235. The number of halogens is 3. The first-order valence-corrected chi connectivity index (χ1v) is 10.0. The van der Waals surface area contributed by atoms with Crippen LogP contribution in [0.4, 0.5) is 8.78 Å². The maximum atomic E-state index is 13.9. The van der Waals surface area contributed by atoms with Crippen molar-refractivity contribution in [1.29, 1.82) is 0 Å². The Balaban J connectivity index is 1.75. The van der Waals surface area contributed by atoms with Gasteiger partial charge in [-0.15, -0.1) is 0 Å². The highest BCUT2D eigenvalue weighted by atomic mass is 79.9. The van der Waals surface area contributed by atoms with Crippen LogP contribution in [0.15, 0.2) is 51.8 Å². The van der Waals surface area contributed by atoms with Gasteiger partial charge in [0.15, 0.2) is 4.90 Å². The van der Waals surface area contributed by atoms with Crippen molar-refractivity contribution in [3.8, 4) is 0 Å². The molecule has 0 atom stereocenters. The first-order valence-electron chi connectivity index (χ1n) is 7.80. The Bertz CT molecular complexity index is 925. The van der Waals surface area contributed by atoms with Crippen molar-refractivity contribution < 1.29 is 22.0 Å². The molecule has 1 heterocycles. The molecule has 138 valence electrons. The number of nitrogens with zero attached hydrogens (tertiary/aromatic N) is 2. The third-order valence-corrected chi connectivity index (χ3v) is 6.56. The van der Waals surface area contributed by atoms with Crippen molar-refractivity contribution in [2.45, 2.75) is 4.90 Å². The number of amides is 1. The predicted molar refractivity (Wildman–Crippen MR) is 95.2 cm³/mol. The van der Waals surface area contributed by atoms with E-state index < -0.39 is 26.6 Å². The molecule has 0 aliphatic carbocycles. The van der Waals surface area contributed by atoms with Gasteiger partial charge < -0.3 is 4.90 Å². The monoisotopic (exact) mass is 444 g/mol. The molecule has 1 aliphatic rings. The molecule has 26 heavy (non-hydrogen) atoms. The molecule has 0 spiro atoms. The van der Waals surface area contributed by atoms with Gasteiger partial charge in [-0.3, -0.25) is 4.79 Å². The third-order valence-electron chi connectivity index (χ3n) is 4.11. The van der Waals surface area contributed by atoms with E-state index in [1.807, 2.05) is 0 Å². The smallest absolute Gasteiger partial charge is 0.253 e. The molecule has 1 amide bonds. The van der Waals surface area contributed by atoms with Crippen molar-refractivity contribution >= 4 is 31.9 Å². The second-order valence-electron chi connectivity index (χ2n) is 5.76. The molecule has 5 nitrogen and oxygen atoms in total. The molecule has 1 fully saturated rings. The number of piperazine rings is 1. The van der Waals surface area contributed by atoms with Gasteiger partial charge in [-0.25, -0.2) is 17.2 Å². The summed E-state index contributed by atoms with van der Waals surface area (Å²) in [6, 6.07) is 9.80. The van der Waals surface area contributed by atoms with E-state index in [0.29, 0.717) is 5.56 Å². The fourth-order valence-corrected chi connectivity index (χ4v) is 4.72. The van der Waals surface area contributed by atoms with Crippen molar-refractivity contribution in [2.75, 3.05) is 26.2 Å². The third kappa shape index (κ3) is 3.65. The minimum absolute atomic E-state index is 0.0319. The van der Waals surface area contributed by atoms with Gasteiger partial charge in [-0.2, -0.15) is 4.31 Å². The molecule has 2 aromatic carbocycles. The van der Waals surface area contributed by atoms with Gasteiger partial charge in [0, 0.05) is 36.2 Å². The van der Waals surface area contributed by atoms with Crippen LogP contribution in [0.5, 0.6) is 0 Å². The Hall–Kier alpha value is -1.84. The number of rotatable bonds is 3. The number of hydrogen-bond acceptors (Lipinski definition) is 3. The Morgan fingerprint density at radius 1 is 0.962 bits per heavy atom. The summed E-state index contributed by atoms with van der Waals surface area (Å²) in [5, 5.41) is 0. The molecule has 0 unspecified atom stereocenters. The Kier molecular flexibility index (Phi) is 5.40. The van der Waals surface area contributed by atoms with Crippen LogP contribution in [-0.4, -0.2) is 49.7 Å². The zero-order chi connectivity index (χ0) is 18.9. The number of carbonyl (C=O) groups is 1. The van der Waals surface area contributed by atoms with Crippen molar-refractivity contribution in [1.82, 2.24) is 9.21 Å². The number of carbonyl (C=O) groups excluding carboxylic acids is 1. The van der Waals surface area contributed by atoms with Crippen LogP contribution < -0.4 is 0 Å². The lowest BCUT2D eigenvalue weighted by molar-refractivity contribution is 0.0697. The van der Waals surface area contributed by atoms with Gasteiger partial charge in [0.25, 0.3) is 5.91 Å². The van der Waals surface area contributed by atoms with Gasteiger partial charge in [0.2, 0.25) is 10.0 Å². The van der Waals surface area contributed by atoms with Crippen molar-refractivity contribution in [3.63, 3.8) is 0 Å². The molecule has 2 aromatic rings. The number of benzene rings is 2. The maximum absolute atomic E-state index is 13.9. The summed E-state index contributed by atoms with van der Waals surface area (Å²) < 4.78 is 54.6. The van der Waals surface area contributed by atoms with Crippen molar-refractivity contribution in [2.24, 2.45) is 0 Å². The lowest BCUT2D eigenvalue weighted by atomic mass is 10.2. The van der Waals surface area contributed by atoms with E-state index in [0.717, 1.165) is 27.0 Å². The van der Waals surface area contributed by atoms with Crippen LogP contribution in [0, 0.1) is 11.6 Å². The van der Waals surface area contributed by atoms with E-state index >= 15 is 0 Å². The summed E-state index contributed by atoms with van der Waals surface area (Å²) in [6.45, 7) is 0.215. The van der Waals surface area contributed by atoms with Gasteiger partial charge in [0.05, 0.1) is 0 Å². The Morgan fingerprint density at radius 2 is 1.54 bits per heavy atom. The largest absolute Gasteiger partial charge is 0.336 e. The van der Waals surface area contributed by atoms with Crippen LogP contribution in [0.2, 0.25) is 0 Å². The standard InChI is InChI=1S/C17H15BrF2N2O3S/c18-13-4-1-3-12(11-13)17(23)21-7-9-22(10-8-21)26(24,25)16-14(19)5-2-6-15(16)20/h1-6,11H,7-10H2. The molecule has 1 aliphatic heterocycles.